The topological polar surface area (TPSA) is 29.3 Å². The molecule has 2 heteroatoms. The fraction of sp³-hybridized carbons (Fsp3) is 0.200. The average molecular weight is 226 g/mol. The van der Waals surface area contributed by atoms with Gasteiger partial charge in [0, 0.05) is 24.5 Å². The minimum Gasteiger partial charge on any atom is -0.345 e. The van der Waals surface area contributed by atoms with Crippen molar-refractivity contribution in [1.82, 2.24) is 0 Å². The smallest absolute Gasteiger partial charge is 0.0408 e. The third-order valence-corrected chi connectivity index (χ3v) is 2.95. The molecule has 0 radical (unpaired) electrons. The molecule has 2 N–H and O–H groups in total. The Morgan fingerprint density at radius 1 is 0.882 bits per heavy atom. The lowest BCUT2D eigenvalue weighted by atomic mass is 10.1. The van der Waals surface area contributed by atoms with Crippen molar-refractivity contribution in [3.8, 4) is 0 Å². The second-order valence-corrected chi connectivity index (χ2v) is 4.27. The predicted molar refractivity (Wildman–Crippen MR) is 73.5 cm³/mol. The molecule has 0 saturated heterocycles. The quantitative estimate of drug-likeness (QED) is 0.868. The van der Waals surface area contributed by atoms with Crippen LogP contribution in [0.1, 0.15) is 18.5 Å². The highest BCUT2D eigenvalue weighted by atomic mass is 15.1. The predicted octanol–water partition coefficient (Wildman–Crippen LogP) is 3.47. The van der Waals surface area contributed by atoms with E-state index >= 15 is 0 Å². The maximum atomic E-state index is 5.84. The molecule has 0 saturated carbocycles. The van der Waals surface area contributed by atoms with Crippen LogP contribution in [0.4, 0.5) is 11.4 Å². The standard InChI is InChI=1S/C15H18N2/c1-12(16)13-8-10-15(11-9-13)17(2)14-6-4-3-5-7-14/h3-12H,16H2,1-2H3/t12-/m0/s1. The van der Waals surface area contributed by atoms with Gasteiger partial charge in [0.1, 0.15) is 0 Å². The Morgan fingerprint density at radius 2 is 1.41 bits per heavy atom. The molecule has 0 aromatic heterocycles. The normalized spacial score (nSPS) is 12.2. The number of para-hydroxylation sites is 1. The van der Waals surface area contributed by atoms with E-state index in [0.29, 0.717) is 0 Å². The maximum Gasteiger partial charge on any atom is 0.0408 e. The summed E-state index contributed by atoms with van der Waals surface area (Å²) < 4.78 is 0. The van der Waals surface area contributed by atoms with Gasteiger partial charge in [0.15, 0.2) is 0 Å². The third-order valence-electron chi connectivity index (χ3n) is 2.95. The number of hydrogen-bond donors (Lipinski definition) is 1. The first kappa shape index (κ1) is 11.7. The molecule has 0 fully saturated rings. The van der Waals surface area contributed by atoms with Crippen molar-refractivity contribution < 1.29 is 0 Å². The molecule has 1 atom stereocenters. The highest BCUT2D eigenvalue weighted by molar-refractivity contribution is 5.62. The summed E-state index contributed by atoms with van der Waals surface area (Å²) >= 11 is 0. The van der Waals surface area contributed by atoms with Crippen LogP contribution >= 0.6 is 0 Å². The van der Waals surface area contributed by atoms with E-state index in [1.54, 1.807) is 0 Å². The van der Waals surface area contributed by atoms with Crippen molar-refractivity contribution in [1.29, 1.82) is 0 Å². The maximum absolute atomic E-state index is 5.84. The molecule has 0 aliphatic rings. The van der Waals surface area contributed by atoms with Gasteiger partial charge in [-0.3, -0.25) is 0 Å². The van der Waals surface area contributed by atoms with Gasteiger partial charge in [-0.05, 0) is 36.8 Å². The average Bonchev–Trinajstić information content (AvgIpc) is 2.39. The number of anilines is 2. The molecule has 2 nitrogen and oxygen atoms in total. The lowest BCUT2D eigenvalue weighted by Gasteiger charge is -2.20. The van der Waals surface area contributed by atoms with E-state index in [2.05, 4.69) is 48.3 Å². The van der Waals surface area contributed by atoms with Crippen molar-refractivity contribution in [3.05, 3.63) is 60.2 Å². The summed E-state index contributed by atoms with van der Waals surface area (Å²) in [6, 6.07) is 18.8. The van der Waals surface area contributed by atoms with E-state index in [1.807, 2.05) is 25.1 Å². The zero-order valence-electron chi connectivity index (χ0n) is 10.3. The third kappa shape index (κ3) is 2.66. The summed E-state index contributed by atoms with van der Waals surface area (Å²) in [6.45, 7) is 2.00. The van der Waals surface area contributed by atoms with E-state index in [9.17, 15) is 0 Å². The first-order valence-electron chi connectivity index (χ1n) is 5.83. The fourth-order valence-corrected chi connectivity index (χ4v) is 1.80. The molecule has 0 heterocycles. The van der Waals surface area contributed by atoms with Crippen molar-refractivity contribution in [2.75, 3.05) is 11.9 Å². The SMILES string of the molecule is C[C@H](N)c1ccc(N(C)c2ccccc2)cc1. The van der Waals surface area contributed by atoms with Crippen molar-refractivity contribution in [3.63, 3.8) is 0 Å². The van der Waals surface area contributed by atoms with Crippen LogP contribution < -0.4 is 10.6 Å². The Kier molecular flexibility index (Phi) is 3.45. The van der Waals surface area contributed by atoms with Crippen molar-refractivity contribution in [2.24, 2.45) is 5.73 Å². The molecule has 0 unspecified atom stereocenters. The Balaban J connectivity index is 2.23. The van der Waals surface area contributed by atoms with Crippen LogP contribution in [0.15, 0.2) is 54.6 Å². The minimum absolute atomic E-state index is 0.0890. The molecule has 0 aliphatic heterocycles. The van der Waals surface area contributed by atoms with E-state index in [0.717, 1.165) is 5.56 Å². The van der Waals surface area contributed by atoms with E-state index in [-0.39, 0.29) is 6.04 Å². The molecule has 0 bridgehead atoms. The molecule has 2 aromatic carbocycles. The summed E-state index contributed by atoms with van der Waals surface area (Å²) in [5, 5.41) is 0. The van der Waals surface area contributed by atoms with Crippen LogP contribution in [-0.2, 0) is 0 Å². The van der Waals surface area contributed by atoms with Gasteiger partial charge >= 0.3 is 0 Å². The molecule has 0 aliphatic carbocycles. The molecular weight excluding hydrogens is 208 g/mol. The second kappa shape index (κ2) is 5.02. The summed E-state index contributed by atoms with van der Waals surface area (Å²) in [5.74, 6) is 0. The van der Waals surface area contributed by atoms with Gasteiger partial charge in [0.25, 0.3) is 0 Å². The number of benzene rings is 2. The molecule has 0 amide bonds. The Labute approximate surface area is 103 Å². The van der Waals surface area contributed by atoms with E-state index < -0.39 is 0 Å². The summed E-state index contributed by atoms with van der Waals surface area (Å²) in [6.07, 6.45) is 0. The van der Waals surface area contributed by atoms with Crippen molar-refractivity contribution in [2.45, 2.75) is 13.0 Å². The van der Waals surface area contributed by atoms with Gasteiger partial charge in [-0.15, -0.1) is 0 Å². The number of nitrogens with two attached hydrogens (primary N) is 1. The number of nitrogens with zero attached hydrogens (tertiary/aromatic N) is 1. The Bertz CT molecular complexity index is 460. The highest BCUT2D eigenvalue weighted by Crippen LogP contribution is 2.24. The van der Waals surface area contributed by atoms with Gasteiger partial charge in [-0.2, -0.15) is 0 Å². The molecule has 0 spiro atoms. The molecule has 2 aromatic rings. The monoisotopic (exact) mass is 226 g/mol. The summed E-state index contributed by atoms with van der Waals surface area (Å²) in [7, 11) is 2.07. The zero-order chi connectivity index (χ0) is 12.3. The lowest BCUT2D eigenvalue weighted by molar-refractivity contribution is 0.818. The second-order valence-electron chi connectivity index (χ2n) is 4.27. The summed E-state index contributed by atoms with van der Waals surface area (Å²) in [5.41, 5.74) is 9.35. The molecule has 88 valence electrons. The van der Waals surface area contributed by atoms with Crippen molar-refractivity contribution >= 4 is 11.4 Å². The van der Waals surface area contributed by atoms with Crippen LogP contribution in [0.3, 0.4) is 0 Å². The Hall–Kier alpha value is -1.80. The Morgan fingerprint density at radius 3 is 1.94 bits per heavy atom. The van der Waals surface area contributed by atoms with Crippen LogP contribution in [0.2, 0.25) is 0 Å². The van der Waals surface area contributed by atoms with Crippen LogP contribution in [-0.4, -0.2) is 7.05 Å². The minimum atomic E-state index is 0.0890. The van der Waals surface area contributed by atoms with Crippen LogP contribution in [0.5, 0.6) is 0 Å². The van der Waals surface area contributed by atoms with Gasteiger partial charge in [-0.25, -0.2) is 0 Å². The zero-order valence-corrected chi connectivity index (χ0v) is 10.3. The lowest BCUT2D eigenvalue weighted by Crippen LogP contribution is -2.10. The number of hydrogen-bond acceptors (Lipinski definition) is 2. The van der Waals surface area contributed by atoms with Gasteiger partial charge < -0.3 is 10.6 Å². The molecular formula is C15H18N2. The number of rotatable bonds is 3. The first-order valence-corrected chi connectivity index (χ1v) is 5.83. The molecule has 17 heavy (non-hydrogen) atoms. The van der Waals surface area contributed by atoms with Crippen LogP contribution in [0, 0.1) is 0 Å². The van der Waals surface area contributed by atoms with E-state index in [1.165, 1.54) is 11.4 Å². The van der Waals surface area contributed by atoms with Gasteiger partial charge in [-0.1, -0.05) is 30.3 Å². The van der Waals surface area contributed by atoms with E-state index in [4.69, 9.17) is 5.73 Å². The highest BCUT2D eigenvalue weighted by Gasteiger charge is 2.04. The van der Waals surface area contributed by atoms with Crippen LogP contribution in [0.25, 0.3) is 0 Å². The van der Waals surface area contributed by atoms with Gasteiger partial charge in [0.05, 0.1) is 0 Å². The largest absolute Gasteiger partial charge is 0.345 e. The van der Waals surface area contributed by atoms with Gasteiger partial charge in [0.2, 0.25) is 0 Å². The fourth-order valence-electron chi connectivity index (χ4n) is 1.80. The molecule has 2 rings (SSSR count). The summed E-state index contributed by atoms with van der Waals surface area (Å²) in [4.78, 5) is 2.16. The first-order chi connectivity index (χ1) is 8.18.